The number of ether oxygens (including phenoxy) is 1. The van der Waals surface area contributed by atoms with Gasteiger partial charge in [0, 0.05) is 23.2 Å². The largest absolute Gasteiger partial charge is 0.497 e. The molecule has 0 unspecified atom stereocenters. The molecule has 0 radical (unpaired) electrons. The van der Waals surface area contributed by atoms with Crippen LogP contribution in [0.25, 0.3) is 10.2 Å². The third-order valence-electron chi connectivity index (χ3n) is 6.19. The smallest absolute Gasteiger partial charge is 0.263 e. The maximum Gasteiger partial charge on any atom is 0.263 e. The van der Waals surface area contributed by atoms with E-state index in [0.717, 1.165) is 42.3 Å². The lowest BCUT2D eigenvalue weighted by molar-refractivity contribution is -0.113. The van der Waals surface area contributed by atoms with E-state index in [9.17, 15) is 9.59 Å². The van der Waals surface area contributed by atoms with Gasteiger partial charge in [-0.15, -0.1) is 11.3 Å². The van der Waals surface area contributed by atoms with Crippen LogP contribution in [-0.4, -0.2) is 28.3 Å². The van der Waals surface area contributed by atoms with Gasteiger partial charge in [-0.1, -0.05) is 48.2 Å². The number of hydrogen-bond acceptors (Lipinski definition) is 6. The number of anilines is 1. The van der Waals surface area contributed by atoms with Crippen LogP contribution < -0.4 is 15.6 Å². The molecule has 8 heteroatoms. The summed E-state index contributed by atoms with van der Waals surface area (Å²) in [7, 11) is 1.59. The molecule has 0 bridgehead atoms. The van der Waals surface area contributed by atoms with Gasteiger partial charge in [-0.05, 0) is 55.4 Å². The molecule has 2 heterocycles. The van der Waals surface area contributed by atoms with Crippen molar-refractivity contribution in [1.29, 1.82) is 0 Å². The first kappa shape index (κ1) is 23.6. The molecule has 4 aromatic rings. The first-order valence-electron chi connectivity index (χ1n) is 11.8. The number of aryl methyl sites for hydroxylation is 3. The number of aromatic nitrogens is 2. The van der Waals surface area contributed by atoms with Crippen LogP contribution in [0.3, 0.4) is 0 Å². The number of nitrogens with one attached hydrogen (secondary N) is 1. The number of nitrogens with zero attached hydrogens (tertiary/aromatic N) is 2. The summed E-state index contributed by atoms with van der Waals surface area (Å²) in [6.45, 7) is 0.524. The zero-order valence-corrected chi connectivity index (χ0v) is 21.2. The summed E-state index contributed by atoms with van der Waals surface area (Å²) in [4.78, 5) is 33.4. The van der Waals surface area contributed by atoms with Gasteiger partial charge in [-0.2, -0.15) is 0 Å². The van der Waals surface area contributed by atoms with Crippen molar-refractivity contribution in [1.82, 2.24) is 9.55 Å². The van der Waals surface area contributed by atoms with E-state index in [1.807, 2.05) is 36.4 Å². The number of carbonyl (C=O) groups excluding carboxylic acids is 1. The summed E-state index contributed by atoms with van der Waals surface area (Å²) in [6.07, 6.45) is 4.97. The van der Waals surface area contributed by atoms with Gasteiger partial charge in [0.1, 0.15) is 10.6 Å². The molecule has 0 aliphatic heterocycles. The average molecular weight is 506 g/mol. The summed E-state index contributed by atoms with van der Waals surface area (Å²) >= 11 is 2.95. The second-order valence-corrected chi connectivity index (χ2v) is 10.6. The van der Waals surface area contributed by atoms with E-state index < -0.39 is 0 Å². The zero-order valence-electron chi connectivity index (χ0n) is 19.6. The van der Waals surface area contributed by atoms with Gasteiger partial charge in [-0.3, -0.25) is 14.2 Å². The molecule has 0 saturated heterocycles. The van der Waals surface area contributed by atoms with E-state index in [-0.39, 0.29) is 17.2 Å². The number of amides is 1. The van der Waals surface area contributed by atoms with Crippen LogP contribution in [0, 0.1) is 0 Å². The number of methoxy groups -OCH3 is 1. The Kier molecular flexibility index (Phi) is 7.20. The minimum Gasteiger partial charge on any atom is -0.497 e. The molecule has 5 rings (SSSR count). The zero-order chi connectivity index (χ0) is 24.2. The van der Waals surface area contributed by atoms with Gasteiger partial charge in [0.25, 0.3) is 5.56 Å². The first-order chi connectivity index (χ1) is 17.1. The fraction of sp³-hybridized carbons (Fsp3) is 0.296. The third-order valence-corrected chi connectivity index (χ3v) is 8.35. The summed E-state index contributed by atoms with van der Waals surface area (Å²) in [5.41, 5.74) is 3.04. The molecule has 0 fully saturated rings. The number of fused-ring (bicyclic) bond motifs is 3. The third kappa shape index (κ3) is 5.28. The quantitative estimate of drug-likeness (QED) is 0.259. The lowest BCUT2D eigenvalue weighted by atomic mass is 9.97. The maximum absolute atomic E-state index is 13.7. The summed E-state index contributed by atoms with van der Waals surface area (Å²) < 4.78 is 6.99. The SMILES string of the molecule is COc1cccc(NC(=O)CSc2nc3sc4c(c3c(=O)n2CCc2ccccc2)CCCC4)c1. The average Bonchev–Trinajstić information content (AvgIpc) is 3.26. The van der Waals surface area contributed by atoms with Crippen LogP contribution in [0.4, 0.5) is 5.69 Å². The maximum atomic E-state index is 13.7. The second-order valence-electron chi connectivity index (χ2n) is 8.55. The molecule has 6 nitrogen and oxygen atoms in total. The summed E-state index contributed by atoms with van der Waals surface area (Å²) in [6, 6.07) is 17.4. The Labute approximate surface area is 212 Å². The molecule has 1 aliphatic rings. The molecule has 1 amide bonds. The van der Waals surface area contributed by atoms with Crippen LogP contribution >= 0.6 is 23.1 Å². The van der Waals surface area contributed by atoms with Crippen molar-refractivity contribution >= 4 is 44.9 Å². The van der Waals surface area contributed by atoms with E-state index in [1.54, 1.807) is 29.1 Å². The molecule has 0 atom stereocenters. The van der Waals surface area contributed by atoms with Crippen molar-refractivity contribution in [2.24, 2.45) is 0 Å². The standard InChI is InChI=1S/C27H27N3O3S2/c1-33-20-11-7-10-19(16-20)28-23(31)17-34-27-29-25-24(21-12-5-6-13-22(21)35-25)26(32)30(27)15-14-18-8-3-2-4-9-18/h2-4,7-11,16H,5-6,12-15,17H2,1H3,(H,28,31). The fourth-order valence-electron chi connectivity index (χ4n) is 4.44. The fourth-order valence-corrected chi connectivity index (χ4v) is 6.57. The van der Waals surface area contributed by atoms with Gasteiger partial charge >= 0.3 is 0 Å². The number of rotatable bonds is 8. The van der Waals surface area contributed by atoms with Gasteiger partial charge in [0.05, 0.1) is 18.2 Å². The van der Waals surface area contributed by atoms with Crippen LogP contribution in [-0.2, 0) is 30.6 Å². The molecule has 2 aromatic heterocycles. The topological polar surface area (TPSA) is 73.2 Å². The minimum atomic E-state index is -0.155. The molecule has 180 valence electrons. The lowest BCUT2D eigenvalue weighted by Gasteiger charge is -2.14. The van der Waals surface area contributed by atoms with Crippen LogP contribution in [0.15, 0.2) is 64.5 Å². The molecule has 0 saturated carbocycles. The predicted octanol–water partition coefficient (Wildman–Crippen LogP) is 5.32. The van der Waals surface area contributed by atoms with Crippen molar-refractivity contribution in [3.63, 3.8) is 0 Å². The minimum absolute atomic E-state index is 0.0148. The predicted molar refractivity (Wildman–Crippen MR) is 143 cm³/mol. The van der Waals surface area contributed by atoms with E-state index in [0.29, 0.717) is 23.1 Å². The number of carbonyl (C=O) groups is 1. The van der Waals surface area contributed by atoms with Gasteiger partial charge in [-0.25, -0.2) is 4.98 Å². The number of thioether (sulfide) groups is 1. The van der Waals surface area contributed by atoms with Gasteiger partial charge in [0.15, 0.2) is 5.16 Å². The Morgan fingerprint density at radius 1 is 1.14 bits per heavy atom. The van der Waals surface area contributed by atoms with Crippen molar-refractivity contribution < 1.29 is 9.53 Å². The Morgan fingerprint density at radius 2 is 1.97 bits per heavy atom. The molecule has 35 heavy (non-hydrogen) atoms. The molecular formula is C27H27N3O3S2. The lowest BCUT2D eigenvalue weighted by Crippen LogP contribution is -2.25. The molecule has 2 aromatic carbocycles. The highest BCUT2D eigenvalue weighted by Crippen LogP contribution is 2.34. The summed E-state index contributed by atoms with van der Waals surface area (Å²) in [5, 5.41) is 4.28. The highest BCUT2D eigenvalue weighted by atomic mass is 32.2. The number of benzene rings is 2. The van der Waals surface area contributed by atoms with E-state index >= 15 is 0 Å². The number of hydrogen-bond donors (Lipinski definition) is 1. The van der Waals surface area contributed by atoms with Crippen molar-refractivity contribution in [3.8, 4) is 5.75 Å². The van der Waals surface area contributed by atoms with Crippen LogP contribution in [0.1, 0.15) is 28.8 Å². The van der Waals surface area contributed by atoms with E-state index in [2.05, 4.69) is 17.4 Å². The summed E-state index contributed by atoms with van der Waals surface area (Å²) in [5.74, 6) is 0.683. The van der Waals surface area contributed by atoms with E-state index in [1.165, 1.54) is 27.8 Å². The normalized spacial score (nSPS) is 12.9. The number of thiophene rings is 1. The second kappa shape index (κ2) is 10.7. The molecule has 0 spiro atoms. The van der Waals surface area contributed by atoms with Crippen molar-refractivity contribution in [2.75, 3.05) is 18.2 Å². The van der Waals surface area contributed by atoms with Crippen molar-refractivity contribution in [2.45, 2.75) is 43.8 Å². The Balaban J connectivity index is 1.42. The van der Waals surface area contributed by atoms with Gasteiger partial charge < -0.3 is 10.1 Å². The van der Waals surface area contributed by atoms with Crippen molar-refractivity contribution in [3.05, 3.63) is 81.0 Å². The Hall–Kier alpha value is -3.10. The first-order valence-corrected chi connectivity index (χ1v) is 13.6. The molecular weight excluding hydrogens is 478 g/mol. The van der Waals surface area contributed by atoms with Crippen LogP contribution in [0.2, 0.25) is 0 Å². The Bertz CT molecular complexity index is 1410. The molecule has 1 aliphatic carbocycles. The van der Waals surface area contributed by atoms with E-state index in [4.69, 9.17) is 9.72 Å². The van der Waals surface area contributed by atoms with Gasteiger partial charge in [0.2, 0.25) is 5.91 Å². The van der Waals surface area contributed by atoms with Crippen LogP contribution in [0.5, 0.6) is 5.75 Å². The Morgan fingerprint density at radius 3 is 2.80 bits per heavy atom. The highest BCUT2D eigenvalue weighted by molar-refractivity contribution is 7.99. The monoisotopic (exact) mass is 505 g/mol. The highest BCUT2D eigenvalue weighted by Gasteiger charge is 2.22. The molecule has 1 N–H and O–H groups in total.